The summed E-state index contributed by atoms with van der Waals surface area (Å²) in [6.07, 6.45) is 8.14. The Bertz CT molecular complexity index is 403. The van der Waals surface area contributed by atoms with Gasteiger partial charge in [0.15, 0.2) is 0 Å². The van der Waals surface area contributed by atoms with Crippen LogP contribution in [0.15, 0.2) is 30.3 Å². The molecule has 2 heteroatoms. The zero-order chi connectivity index (χ0) is 13.2. The molecule has 0 aromatic heterocycles. The van der Waals surface area contributed by atoms with Crippen LogP contribution in [0.25, 0.3) is 0 Å². The van der Waals surface area contributed by atoms with Crippen LogP contribution in [0.1, 0.15) is 44.1 Å². The highest BCUT2D eigenvalue weighted by molar-refractivity contribution is 6.18. The Hall–Kier alpha value is -0.530. The van der Waals surface area contributed by atoms with E-state index in [-0.39, 0.29) is 0 Å². The Kier molecular flexibility index (Phi) is 3.86. The van der Waals surface area contributed by atoms with E-state index in [1.165, 1.54) is 37.7 Å². The van der Waals surface area contributed by atoms with Crippen molar-refractivity contribution in [2.24, 2.45) is 10.8 Å². The average Bonchev–Trinajstić information content (AvgIpc) is 2.36. The molecule has 2 aliphatic rings. The first-order chi connectivity index (χ1) is 9.26. The molecule has 2 fully saturated rings. The summed E-state index contributed by atoms with van der Waals surface area (Å²) in [6.45, 7) is 1.57. The van der Waals surface area contributed by atoms with Crippen molar-refractivity contribution in [2.75, 3.05) is 12.5 Å². The van der Waals surface area contributed by atoms with E-state index < -0.39 is 0 Å². The molecule has 2 aliphatic carbocycles. The number of halogens is 1. The Morgan fingerprint density at radius 2 is 1.84 bits per heavy atom. The van der Waals surface area contributed by atoms with E-state index in [1.807, 2.05) is 6.07 Å². The molecule has 1 nitrogen and oxygen atoms in total. The highest BCUT2D eigenvalue weighted by atomic mass is 35.5. The molecule has 104 valence electrons. The van der Waals surface area contributed by atoms with Crippen LogP contribution in [0, 0.1) is 10.8 Å². The van der Waals surface area contributed by atoms with Crippen LogP contribution < -0.4 is 0 Å². The lowest BCUT2D eigenvalue weighted by Gasteiger charge is -2.61. The van der Waals surface area contributed by atoms with E-state index in [4.69, 9.17) is 16.3 Å². The summed E-state index contributed by atoms with van der Waals surface area (Å²) in [6, 6.07) is 10.4. The normalized spacial score (nSPS) is 22.8. The zero-order valence-corrected chi connectivity index (χ0v) is 12.3. The quantitative estimate of drug-likeness (QED) is 0.537. The molecular formula is C17H23ClO. The average molecular weight is 279 g/mol. The van der Waals surface area contributed by atoms with Crippen LogP contribution in [0.4, 0.5) is 0 Å². The van der Waals surface area contributed by atoms with E-state index in [9.17, 15) is 0 Å². The van der Waals surface area contributed by atoms with Crippen molar-refractivity contribution in [3.05, 3.63) is 35.9 Å². The molecule has 0 saturated heterocycles. The van der Waals surface area contributed by atoms with Crippen LogP contribution in [-0.2, 0) is 11.3 Å². The van der Waals surface area contributed by atoms with E-state index in [2.05, 4.69) is 24.3 Å². The lowest BCUT2D eigenvalue weighted by atomic mass is 9.45. The second kappa shape index (κ2) is 5.46. The summed E-state index contributed by atoms with van der Waals surface area (Å²) < 4.78 is 5.81. The van der Waals surface area contributed by atoms with Crippen molar-refractivity contribution >= 4 is 11.6 Å². The molecule has 0 bridgehead atoms. The van der Waals surface area contributed by atoms with Crippen molar-refractivity contribution in [2.45, 2.75) is 45.1 Å². The Balaban J connectivity index is 1.40. The van der Waals surface area contributed by atoms with Gasteiger partial charge in [0.2, 0.25) is 0 Å². The van der Waals surface area contributed by atoms with E-state index in [0.717, 1.165) is 25.5 Å². The molecule has 2 saturated carbocycles. The monoisotopic (exact) mass is 278 g/mol. The number of hydrogen-bond donors (Lipinski definition) is 0. The molecule has 0 aliphatic heterocycles. The second-order valence-electron chi connectivity index (χ2n) is 6.63. The van der Waals surface area contributed by atoms with E-state index >= 15 is 0 Å². The minimum absolute atomic E-state index is 0.388. The van der Waals surface area contributed by atoms with Gasteiger partial charge in [-0.1, -0.05) is 36.8 Å². The minimum Gasteiger partial charge on any atom is -0.377 e. The third-order valence-corrected chi connectivity index (χ3v) is 5.65. The molecule has 1 spiro atoms. The summed E-state index contributed by atoms with van der Waals surface area (Å²) in [5.74, 6) is 0.809. The number of ether oxygens (including phenoxy) is 1. The van der Waals surface area contributed by atoms with Gasteiger partial charge in [-0.05, 0) is 48.5 Å². The standard InChI is InChI=1S/C17H23ClO/c18-14-17(12-16(13-17)7-4-8-16)9-10-19-11-15-5-2-1-3-6-15/h1-3,5-6H,4,7-14H2. The molecular weight excluding hydrogens is 256 g/mol. The first kappa shape index (κ1) is 13.5. The van der Waals surface area contributed by atoms with Crippen molar-refractivity contribution < 1.29 is 4.74 Å². The Morgan fingerprint density at radius 3 is 2.42 bits per heavy atom. The summed E-state index contributed by atoms with van der Waals surface area (Å²) in [5.41, 5.74) is 2.35. The van der Waals surface area contributed by atoms with Crippen LogP contribution in [0.2, 0.25) is 0 Å². The summed E-state index contributed by atoms with van der Waals surface area (Å²) in [7, 11) is 0. The number of hydrogen-bond acceptors (Lipinski definition) is 1. The highest BCUT2D eigenvalue weighted by Crippen LogP contribution is 2.65. The first-order valence-electron chi connectivity index (χ1n) is 7.44. The molecule has 0 amide bonds. The number of rotatable bonds is 6. The lowest BCUT2D eigenvalue weighted by Crippen LogP contribution is -2.51. The van der Waals surface area contributed by atoms with Gasteiger partial charge in [0.1, 0.15) is 0 Å². The number of benzene rings is 1. The smallest absolute Gasteiger partial charge is 0.0716 e. The maximum Gasteiger partial charge on any atom is 0.0716 e. The van der Waals surface area contributed by atoms with Crippen molar-refractivity contribution in [3.63, 3.8) is 0 Å². The molecule has 1 aromatic carbocycles. The molecule has 0 unspecified atom stereocenters. The molecule has 19 heavy (non-hydrogen) atoms. The van der Waals surface area contributed by atoms with Crippen molar-refractivity contribution in [1.29, 1.82) is 0 Å². The van der Waals surface area contributed by atoms with Crippen molar-refractivity contribution in [1.82, 2.24) is 0 Å². The molecule has 0 heterocycles. The fourth-order valence-electron chi connectivity index (χ4n) is 3.96. The zero-order valence-electron chi connectivity index (χ0n) is 11.5. The Labute approximate surface area is 121 Å². The lowest BCUT2D eigenvalue weighted by molar-refractivity contribution is -0.0979. The van der Waals surface area contributed by atoms with Crippen LogP contribution in [0.3, 0.4) is 0 Å². The van der Waals surface area contributed by atoms with Gasteiger partial charge < -0.3 is 4.74 Å². The van der Waals surface area contributed by atoms with Gasteiger partial charge in [0.25, 0.3) is 0 Å². The van der Waals surface area contributed by atoms with Crippen LogP contribution in [0.5, 0.6) is 0 Å². The van der Waals surface area contributed by atoms with Crippen LogP contribution in [-0.4, -0.2) is 12.5 Å². The largest absolute Gasteiger partial charge is 0.377 e. The van der Waals surface area contributed by atoms with Gasteiger partial charge in [-0.25, -0.2) is 0 Å². The van der Waals surface area contributed by atoms with E-state index in [1.54, 1.807) is 0 Å². The van der Waals surface area contributed by atoms with Gasteiger partial charge in [0.05, 0.1) is 6.61 Å². The fraction of sp³-hybridized carbons (Fsp3) is 0.647. The second-order valence-corrected chi connectivity index (χ2v) is 6.90. The summed E-state index contributed by atoms with van der Waals surface area (Å²) >= 11 is 6.21. The first-order valence-corrected chi connectivity index (χ1v) is 7.97. The predicted octanol–water partition coefficient (Wildman–Crippen LogP) is 4.78. The predicted molar refractivity (Wildman–Crippen MR) is 79.4 cm³/mol. The minimum atomic E-state index is 0.388. The number of alkyl halides is 1. The van der Waals surface area contributed by atoms with Gasteiger partial charge >= 0.3 is 0 Å². The maximum atomic E-state index is 6.21. The highest BCUT2D eigenvalue weighted by Gasteiger charge is 2.55. The topological polar surface area (TPSA) is 9.23 Å². The van der Waals surface area contributed by atoms with Gasteiger partial charge in [0, 0.05) is 12.5 Å². The summed E-state index contributed by atoms with van der Waals surface area (Å²) in [5, 5.41) is 0. The van der Waals surface area contributed by atoms with E-state index in [0.29, 0.717) is 10.8 Å². The van der Waals surface area contributed by atoms with Gasteiger partial charge in [-0.15, -0.1) is 11.6 Å². The molecule has 1 aromatic rings. The maximum absolute atomic E-state index is 6.21. The van der Waals surface area contributed by atoms with Gasteiger partial charge in [-0.2, -0.15) is 0 Å². The molecule has 0 N–H and O–H groups in total. The van der Waals surface area contributed by atoms with Gasteiger partial charge in [-0.3, -0.25) is 0 Å². The third kappa shape index (κ3) is 2.83. The molecule has 0 radical (unpaired) electrons. The SMILES string of the molecule is ClCC1(CCOCc2ccccc2)CC2(CCC2)C1. The molecule has 0 atom stereocenters. The Morgan fingerprint density at radius 1 is 1.11 bits per heavy atom. The fourth-order valence-corrected chi connectivity index (χ4v) is 4.28. The molecule has 3 rings (SSSR count). The van der Waals surface area contributed by atoms with Crippen LogP contribution >= 0.6 is 11.6 Å². The summed E-state index contributed by atoms with van der Waals surface area (Å²) in [4.78, 5) is 0. The van der Waals surface area contributed by atoms with Crippen molar-refractivity contribution in [3.8, 4) is 0 Å². The third-order valence-electron chi connectivity index (χ3n) is 5.09.